The molecule has 1 N–H and O–H groups in total. The number of para-hydroxylation sites is 1. The molecule has 1 aliphatic rings. The summed E-state index contributed by atoms with van der Waals surface area (Å²) in [4.78, 5) is 15.4. The predicted octanol–water partition coefficient (Wildman–Crippen LogP) is 6.23. The number of fused-ring (bicyclic) bond motifs is 1. The molecule has 0 bridgehead atoms. The summed E-state index contributed by atoms with van der Waals surface area (Å²) < 4.78 is 28.1. The average Bonchev–Trinajstić information content (AvgIpc) is 3.22. The molecule has 7 heteroatoms. The van der Waals surface area contributed by atoms with Gasteiger partial charge in [0.25, 0.3) is 15.9 Å². The maximum atomic E-state index is 13.3. The Morgan fingerprint density at radius 2 is 1.54 bits per heavy atom. The molecule has 1 aliphatic heterocycles. The number of carbonyl (C=O) groups is 1. The van der Waals surface area contributed by atoms with Gasteiger partial charge in [0.2, 0.25) is 0 Å². The number of rotatable bonds is 6. The minimum atomic E-state index is -3.69. The second-order valence-corrected chi connectivity index (χ2v) is 11.3. The van der Waals surface area contributed by atoms with Crippen molar-refractivity contribution in [2.45, 2.75) is 34.1 Å². The van der Waals surface area contributed by atoms with Gasteiger partial charge in [0.05, 0.1) is 16.3 Å². The Morgan fingerprint density at radius 3 is 2.29 bits per heavy atom. The molecular formula is C28H24N2O3S2. The number of benzene rings is 4. The third-order valence-electron chi connectivity index (χ3n) is 5.90. The van der Waals surface area contributed by atoms with Crippen LogP contribution in [0.2, 0.25) is 0 Å². The van der Waals surface area contributed by atoms with Gasteiger partial charge in [-0.2, -0.15) is 0 Å². The number of hydrogen-bond donors (Lipinski definition) is 1. The second-order valence-electron chi connectivity index (χ2n) is 8.38. The summed E-state index contributed by atoms with van der Waals surface area (Å²) in [7, 11) is -3.69. The molecule has 0 fully saturated rings. The first-order valence-electron chi connectivity index (χ1n) is 11.3. The van der Waals surface area contributed by atoms with Crippen LogP contribution in [0.1, 0.15) is 22.8 Å². The van der Waals surface area contributed by atoms with Crippen LogP contribution in [0.5, 0.6) is 0 Å². The van der Waals surface area contributed by atoms with Crippen molar-refractivity contribution >= 4 is 39.1 Å². The van der Waals surface area contributed by atoms with E-state index in [0.29, 0.717) is 17.7 Å². The van der Waals surface area contributed by atoms with Crippen molar-refractivity contribution in [1.29, 1.82) is 0 Å². The van der Waals surface area contributed by atoms with E-state index < -0.39 is 10.0 Å². The number of anilines is 2. The molecule has 0 radical (unpaired) electrons. The van der Waals surface area contributed by atoms with E-state index in [9.17, 15) is 13.2 Å². The monoisotopic (exact) mass is 500 g/mol. The Labute approximate surface area is 209 Å². The van der Waals surface area contributed by atoms with E-state index in [4.69, 9.17) is 0 Å². The molecule has 0 unspecified atom stereocenters. The minimum Gasteiger partial charge on any atom is -0.321 e. The summed E-state index contributed by atoms with van der Waals surface area (Å²) in [6.45, 7) is 1.89. The van der Waals surface area contributed by atoms with E-state index in [1.54, 1.807) is 60.3 Å². The maximum Gasteiger partial charge on any atom is 0.264 e. The first-order chi connectivity index (χ1) is 16.9. The van der Waals surface area contributed by atoms with Gasteiger partial charge in [-0.3, -0.25) is 9.10 Å². The van der Waals surface area contributed by atoms with Crippen LogP contribution < -0.4 is 9.62 Å². The molecule has 176 valence electrons. The van der Waals surface area contributed by atoms with Crippen LogP contribution in [0, 0.1) is 0 Å². The van der Waals surface area contributed by atoms with Crippen molar-refractivity contribution in [2.24, 2.45) is 0 Å². The fourth-order valence-corrected chi connectivity index (χ4v) is 6.92. The first-order valence-corrected chi connectivity index (χ1v) is 13.5. The normalized spacial score (nSPS) is 15.0. The van der Waals surface area contributed by atoms with Crippen molar-refractivity contribution in [3.05, 3.63) is 114 Å². The van der Waals surface area contributed by atoms with Gasteiger partial charge < -0.3 is 5.32 Å². The van der Waals surface area contributed by atoms with Gasteiger partial charge in [0.15, 0.2) is 0 Å². The predicted molar refractivity (Wildman–Crippen MR) is 141 cm³/mol. The highest BCUT2D eigenvalue weighted by Crippen LogP contribution is 2.38. The van der Waals surface area contributed by atoms with E-state index in [0.717, 1.165) is 21.0 Å². The van der Waals surface area contributed by atoms with Gasteiger partial charge in [0, 0.05) is 21.4 Å². The van der Waals surface area contributed by atoms with E-state index in [-0.39, 0.29) is 16.8 Å². The smallest absolute Gasteiger partial charge is 0.264 e. The summed E-state index contributed by atoms with van der Waals surface area (Å²) in [6, 6.07) is 31.1. The Morgan fingerprint density at radius 1 is 0.886 bits per heavy atom. The van der Waals surface area contributed by atoms with Crippen LogP contribution in [0.3, 0.4) is 0 Å². The standard InChI is InChI=1S/C28H24N2O3S2/c1-20-18-22-19-21(16-17-26(22)30(20)35(32,33)24-12-6-3-7-13-24)28(31)29-25-14-8-9-15-27(25)34-23-10-4-2-5-11-23/h2-17,19-20H,18H2,1H3,(H,29,31)/t20-/m0/s1. The van der Waals surface area contributed by atoms with Gasteiger partial charge in [-0.05, 0) is 73.5 Å². The second kappa shape index (κ2) is 9.60. The Bertz CT molecular complexity index is 1470. The molecule has 5 nitrogen and oxygen atoms in total. The van der Waals surface area contributed by atoms with Crippen LogP contribution in [0.15, 0.2) is 118 Å². The molecule has 1 atom stereocenters. The molecule has 4 aromatic rings. The van der Waals surface area contributed by atoms with E-state index in [2.05, 4.69) is 5.32 Å². The molecule has 1 amide bonds. The summed E-state index contributed by atoms with van der Waals surface area (Å²) in [5, 5.41) is 3.03. The number of hydrogen-bond acceptors (Lipinski definition) is 4. The van der Waals surface area contributed by atoms with Gasteiger partial charge in [-0.25, -0.2) is 8.42 Å². The van der Waals surface area contributed by atoms with Crippen LogP contribution >= 0.6 is 11.8 Å². The van der Waals surface area contributed by atoms with Crippen LogP contribution in [0.25, 0.3) is 0 Å². The van der Waals surface area contributed by atoms with Gasteiger partial charge >= 0.3 is 0 Å². The fraction of sp³-hybridized carbons (Fsp3) is 0.107. The molecule has 0 spiro atoms. The zero-order chi connectivity index (χ0) is 24.4. The molecule has 0 saturated carbocycles. The number of sulfonamides is 1. The lowest BCUT2D eigenvalue weighted by Gasteiger charge is -2.24. The third-order valence-corrected chi connectivity index (χ3v) is 8.93. The molecule has 5 rings (SSSR count). The molecule has 0 saturated heterocycles. The van der Waals surface area contributed by atoms with Crippen molar-refractivity contribution in [2.75, 3.05) is 9.62 Å². The lowest BCUT2D eigenvalue weighted by atomic mass is 10.1. The van der Waals surface area contributed by atoms with Gasteiger partial charge in [-0.1, -0.05) is 60.3 Å². The molecular weight excluding hydrogens is 476 g/mol. The highest BCUT2D eigenvalue weighted by molar-refractivity contribution is 7.99. The van der Waals surface area contributed by atoms with Crippen LogP contribution in [-0.2, 0) is 16.4 Å². The van der Waals surface area contributed by atoms with Crippen molar-refractivity contribution in [1.82, 2.24) is 0 Å². The summed E-state index contributed by atoms with van der Waals surface area (Å²) in [6.07, 6.45) is 0.545. The fourth-order valence-electron chi connectivity index (χ4n) is 4.29. The lowest BCUT2D eigenvalue weighted by Crippen LogP contribution is -2.35. The minimum absolute atomic E-state index is 0.231. The Kier molecular flexibility index (Phi) is 6.36. The third kappa shape index (κ3) is 4.70. The van der Waals surface area contributed by atoms with Gasteiger partial charge in [0.1, 0.15) is 0 Å². The van der Waals surface area contributed by atoms with Crippen LogP contribution in [0.4, 0.5) is 11.4 Å². The highest BCUT2D eigenvalue weighted by atomic mass is 32.2. The molecule has 0 aromatic heterocycles. The molecule has 0 aliphatic carbocycles. The largest absolute Gasteiger partial charge is 0.321 e. The summed E-state index contributed by atoms with van der Waals surface area (Å²) >= 11 is 1.58. The Hall–Kier alpha value is -3.55. The topological polar surface area (TPSA) is 66.5 Å². The maximum absolute atomic E-state index is 13.3. The van der Waals surface area contributed by atoms with Gasteiger partial charge in [-0.15, -0.1) is 0 Å². The molecule has 35 heavy (non-hydrogen) atoms. The van der Waals surface area contributed by atoms with Crippen molar-refractivity contribution in [3.8, 4) is 0 Å². The first kappa shape index (κ1) is 23.2. The van der Waals surface area contributed by atoms with E-state index in [1.807, 2.05) is 61.5 Å². The lowest BCUT2D eigenvalue weighted by molar-refractivity contribution is 0.102. The van der Waals surface area contributed by atoms with Crippen LogP contribution in [-0.4, -0.2) is 20.4 Å². The summed E-state index contributed by atoms with van der Waals surface area (Å²) in [5.74, 6) is -0.231. The molecule has 4 aromatic carbocycles. The SMILES string of the molecule is C[C@H]1Cc2cc(C(=O)Nc3ccccc3Sc3ccccc3)ccc2N1S(=O)(=O)c1ccccc1. The number of carbonyl (C=O) groups excluding carboxylic acids is 1. The van der Waals surface area contributed by atoms with E-state index in [1.165, 1.54) is 4.31 Å². The quantitative estimate of drug-likeness (QED) is 0.341. The number of amides is 1. The number of nitrogens with zero attached hydrogens (tertiary/aromatic N) is 1. The number of nitrogens with one attached hydrogen (secondary N) is 1. The van der Waals surface area contributed by atoms with E-state index >= 15 is 0 Å². The Balaban J connectivity index is 1.39. The summed E-state index contributed by atoms with van der Waals surface area (Å²) in [5.41, 5.74) is 2.69. The highest BCUT2D eigenvalue weighted by Gasteiger charge is 2.36. The zero-order valence-electron chi connectivity index (χ0n) is 19.1. The average molecular weight is 501 g/mol. The zero-order valence-corrected chi connectivity index (χ0v) is 20.7. The van der Waals surface area contributed by atoms with Crippen molar-refractivity contribution in [3.63, 3.8) is 0 Å². The molecule has 1 heterocycles. The van der Waals surface area contributed by atoms with Crippen molar-refractivity contribution < 1.29 is 13.2 Å².